The van der Waals surface area contributed by atoms with Crippen LogP contribution in [0.25, 0.3) is 0 Å². The normalized spacial score (nSPS) is 28.4. The SMILES string of the molecule is C[C@H](C(=O)N1CCC[C@H](C(N)=O)C1)N1CCC[C@H](C(F)(F)F)C1. The van der Waals surface area contributed by atoms with Crippen LogP contribution in [0.3, 0.4) is 0 Å². The smallest absolute Gasteiger partial charge is 0.369 e. The second kappa shape index (κ2) is 7.07. The van der Waals surface area contributed by atoms with Gasteiger partial charge in [0.05, 0.1) is 17.9 Å². The van der Waals surface area contributed by atoms with Gasteiger partial charge >= 0.3 is 6.18 Å². The van der Waals surface area contributed by atoms with Crippen molar-refractivity contribution in [2.24, 2.45) is 17.6 Å². The van der Waals surface area contributed by atoms with Crippen molar-refractivity contribution < 1.29 is 22.8 Å². The number of carbonyl (C=O) groups is 2. The quantitative estimate of drug-likeness (QED) is 0.847. The zero-order valence-electron chi connectivity index (χ0n) is 13.3. The summed E-state index contributed by atoms with van der Waals surface area (Å²) in [6.07, 6.45) is -2.31. The van der Waals surface area contributed by atoms with Crippen molar-refractivity contribution in [3.63, 3.8) is 0 Å². The minimum absolute atomic E-state index is 0.119. The number of piperidine rings is 2. The van der Waals surface area contributed by atoms with Crippen molar-refractivity contribution in [3.8, 4) is 0 Å². The van der Waals surface area contributed by atoms with E-state index in [0.29, 0.717) is 32.4 Å². The molecule has 5 nitrogen and oxygen atoms in total. The molecule has 0 unspecified atom stereocenters. The van der Waals surface area contributed by atoms with Crippen molar-refractivity contribution in [2.45, 2.75) is 44.8 Å². The summed E-state index contributed by atoms with van der Waals surface area (Å²) in [7, 11) is 0. The largest absolute Gasteiger partial charge is 0.393 e. The lowest BCUT2D eigenvalue weighted by Crippen LogP contribution is -2.54. The van der Waals surface area contributed by atoms with E-state index in [9.17, 15) is 22.8 Å². The van der Waals surface area contributed by atoms with Crippen LogP contribution in [0.5, 0.6) is 0 Å². The first kappa shape index (κ1) is 18.0. The molecule has 0 aliphatic carbocycles. The number of halogens is 3. The van der Waals surface area contributed by atoms with Gasteiger partial charge in [-0.25, -0.2) is 0 Å². The molecule has 0 aromatic rings. The van der Waals surface area contributed by atoms with Crippen molar-refractivity contribution in [2.75, 3.05) is 26.2 Å². The molecular formula is C15H24F3N3O2. The molecule has 2 saturated heterocycles. The highest BCUT2D eigenvalue weighted by atomic mass is 19.4. The molecule has 0 spiro atoms. The molecule has 0 aromatic carbocycles. The number of hydrogen-bond donors (Lipinski definition) is 1. The summed E-state index contributed by atoms with van der Waals surface area (Å²) in [5.74, 6) is -2.36. The summed E-state index contributed by atoms with van der Waals surface area (Å²) >= 11 is 0. The number of rotatable bonds is 3. The molecule has 2 rings (SSSR count). The number of carbonyl (C=O) groups excluding carboxylic acids is 2. The van der Waals surface area contributed by atoms with E-state index in [-0.39, 0.29) is 31.3 Å². The summed E-state index contributed by atoms with van der Waals surface area (Å²) in [5.41, 5.74) is 5.30. The minimum atomic E-state index is -4.22. The van der Waals surface area contributed by atoms with E-state index in [1.807, 2.05) is 0 Å². The van der Waals surface area contributed by atoms with Gasteiger partial charge in [0.15, 0.2) is 0 Å². The van der Waals surface area contributed by atoms with Crippen LogP contribution in [0.2, 0.25) is 0 Å². The zero-order chi connectivity index (χ0) is 17.2. The molecule has 2 N–H and O–H groups in total. The van der Waals surface area contributed by atoms with Gasteiger partial charge in [0.1, 0.15) is 0 Å². The van der Waals surface area contributed by atoms with Crippen LogP contribution in [0.4, 0.5) is 13.2 Å². The molecule has 0 radical (unpaired) electrons. The van der Waals surface area contributed by atoms with Crippen LogP contribution in [-0.2, 0) is 9.59 Å². The van der Waals surface area contributed by atoms with Crippen molar-refractivity contribution in [3.05, 3.63) is 0 Å². The Morgan fingerprint density at radius 3 is 2.39 bits per heavy atom. The highest BCUT2D eigenvalue weighted by Gasteiger charge is 2.43. The summed E-state index contributed by atoms with van der Waals surface area (Å²) in [6, 6.07) is -0.605. The maximum absolute atomic E-state index is 12.9. The molecule has 2 amide bonds. The fourth-order valence-corrected chi connectivity index (χ4v) is 3.46. The molecule has 8 heteroatoms. The fraction of sp³-hybridized carbons (Fsp3) is 0.867. The predicted octanol–water partition coefficient (Wildman–Crippen LogP) is 1.37. The highest BCUT2D eigenvalue weighted by Crippen LogP contribution is 2.34. The predicted molar refractivity (Wildman–Crippen MR) is 78.3 cm³/mol. The summed E-state index contributed by atoms with van der Waals surface area (Å²) < 4.78 is 38.7. The number of alkyl halides is 3. The lowest BCUT2D eigenvalue weighted by Gasteiger charge is -2.40. The Kier molecular flexibility index (Phi) is 5.54. The molecule has 0 aromatic heterocycles. The summed E-state index contributed by atoms with van der Waals surface area (Å²) in [5, 5.41) is 0. The van der Waals surface area contributed by atoms with E-state index in [1.54, 1.807) is 16.7 Å². The van der Waals surface area contributed by atoms with Gasteiger partial charge in [0.25, 0.3) is 0 Å². The minimum Gasteiger partial charge on any atom is -0.369 e. The van der Waals surface area contributed by atoms with Crippen LogP contribution >= 0.6 is 0 Å². The first-order valence-electron chi connectivity index (χ1n) is 8.09. The Bertz CT molecular complexity index is 456. The molecule has 132 valence electrons. The molecule has 2 aliphatic rings. The Morgan fingerprint density at radius 2 is 1.78 bits per heavy atom. The molecule has 2 aliphatic heterocycles. The van der Waals surface area contributed by atoms with E-state index in [0.717, 1.165) is 0 Å². The van der Waals surface area contributed by atoms with Crippen molar-refractivity contribution in [1.82, 2.24) is 9.80 Å². The molecule has 2 heterocycles. The number of amides is 2. The third-order valence-electron chi connectivity index (χ3n) is 4.96. The maximum Gasteiger partial charge on any atom is 0.393 e. The van der Waals surface area contributed by atoms with Crippen LogP contribution in [0.1, 0.15) is 32.6 Å². The zero-order valence-corrected chi connectivity index (χ0v) is 13.3. The Balaban J connectivity index is 1.97. The number of primary amides is 1. The number of nitrogens with two attached hydrogens (primary N) is 1. The topological polar surface area (TPSA) is 66.6 Å². The Labute approximate surface area is 134 Å². The van der Waals surface area contributed by atoms with E-state index in [4.69, 9.17) is 5.73 Å². The first-order chi connectivity index (χ1) is 10.7. The van der Waals surface area contributed by atoms with Gasteiger partial charge in [0.2, 0.25) is 11.8 Å². The van der Waals surface area contributed by atoms with Gasteiger partial charge in [-0.3, -0.25) is 14.5 Å². The molecule has 2 fully saturated rings. The van der Waals surface area contributed by atoms with E-state index < -0.39 is 24.0 Å². The third-order valence-corrected chi connectivity index (χ3v) is 4.96. The van der Waals surface area contributed by atoms with Gasteiger partial charge < -0.3 is 10.6 Å². The molecule has 23 heavy (non-hydrogen) atoms. The Morgan fingerprint density at radius 1 is 1.13 bits per heavy atom. The highest BCUT2D eigenvalue weighted by molar-refractivity contribution is 5.83. The van der Waals surface area contributed by atoms with Crippen LogP contribution < -0.4 is 5.73 Å². The van der Waals surface area contributed by atoms with E-state index >= 15 is 0 Å². The van der Waals surface area contributed by atoms with Crippen molar-refractivity contribution >= 4 is 11.8 Å². The van der Waals surface area contributed by atoms with Crippen LogP contribution in [0.15, 0.2) is 0 Å². The van der Waals surface area contributed by atoms with E-state index in [1.165, 1.54) is 0 Å². The molecule has 3 atom stereocenters. The van der Waals surface area contributed by atoms with Gasteiger partial charge in [-0.15, -0.1) is 0 Å². The average Bonchev–Trinajstić information content (AvgIpc) is 2.53. The second-order valence-electron chi connectivity index (χ2n) is 6.58. The van der Waals surface area contributed by atoms with Gasteiger partial charge in [-0.2, -0.15) is 13.2 Å². The number of likely N-dealkylation sites (tertiary alicyclic amines) is 2. The third kappa shape index (κ3) is 4.37. The fourth-order valence-electron chi connectivity index (χ4n) is 3.46. The average molecular weight is 335 g/mol. The monoisotopic (exact) mass is 335 g/mol. The first-order valence-corrected chi connectivity index (χ1v) is 8.09. The van der Waals surface area contributed by atoms with E-state index in [2.05, 4.69) is 0 Å². The molecule has 0 saturated carbocycles. The van der Waals surface area contributed by atoms with Crippen LogP contribution in [0, 0.1) is 11.8 Å². The summed E-state index contributed by atoms with van der Waals surface area (Å²) in [4.78, 5) is 27.0. The van der Waals surface area contributed by atoms with Crippen LogP contribution in [-0.4, -0.2) is 60.0 Å². The lowest BCUT2D eigenvalue weighted by molar-refractivity contribution is -0.189. The molecule has 0 bridgehead atoms. The van der Waals surface area contributed by atoms with Gasteiger partial charge in [-0.05, 0) is 39.2 Å². The lowest BCUT2D eigenvalue weighted by atomic mass is 9.95. The number of nitrogens with zero attached hydrogens (tertiary/aromatic N) is 2. The number of hydrogen-bond acceptors (Lipinski definition) is 3. The van der Waals surface area contributed by atoms with Crippen molar-refractivity contribution in [1.29, 1.82) is 0 Å². The molecular weight excluding hydrogens is 311 g/mol. The Hall–Kier alpha value is -1.31. The maximum atomic E-state index is 12.9. The van der Waals surface area contributed by atoms with Gasteiger partial charge in [-0.1, -0.05) is 0 Å². The summed E-state index contributed by atoms with van der Waals surface area (Å²) in [6.45, 7) is 2.81. The van der Waals surface area contributed by atoms with Gasteiger partial charge in [0, 0.05) is 19.6 Å². The standard InChI is InChI=1S/C15H24F3N3O2/c1-10(20-6-3-5-12(9-20)15(16,17)18)14(23)21-7-2-4-11(8-21)13(19)22/h10-12H,2-9H2,1H3,(H2,19,22)/t10-,11+,12+/m1/s1. The second-order valence-corrected chi connectivity index (χ2v) is 6.58.